The molecule has 0 spiro atoms. The number of nitrogens with zero attached hydrogens (tertiary/aromatic N) is 1. The van der Waals surface area contributed by atoms with Crippen LogP contribution in [0, 0.1) is 5.41 Å². The second kappa shape index (κ2) is 5.22. The molecule has 1 aliphatic heterocycles. The summed E-state index contributed by atoms with van der Waals surface area (Å²) in [5, 5.41) is 17.6. The number of alkyl halides is 3. The van der Waals surface area contributed by atoms with Gasteiger partial charge in [-0.05, 0) is 38.0 Å². The molecular formula is C14H18F3N3O. The SMILES string of the molecule is CC1(O)CCCN(c2ccc(C(F)(F)F)cc2C(=N)N)C1. The fourth-order valence-electron chi connectivity index (χ4n) is 2.63. The van der Waals surface area contributed by atoms with E-state index in [1.54, 1.807) is 11.8 Å². The normalized spacial score (nSPS) is 23.2. The van der Waals surface area contributed by atoms with Crippen LogP contribution in [0.4, 0.5) is 18.9 Å². The van der Waals surface area contributed by atoms with Crippen LogP contribution in [0.1, 0.15) is 30.9 Å². The highest BCUT2D eigenvalue weighted by Crippen LogP contribution is 2.34. The Morgan fingerprint density at radius 3 is 2.62 bits per heavy atom. The van der Waals surface area contributed by atoms with Crippen LogP contribution in [0.15, 0.2) is 18.2 Å². The Balaban J connectivity index is 2.42. The first kappa shape index (κ1) is 15.6. The van der Waals surface area contributed by atoms with Gasteiger partial charge in [-0.25, -0.2) is 0 Å². The molecule has 0 aliphatic carbocycles. The van der Waals surface area contributed by atoms with Gasteiger partial charge in [0.2, 0.25) is 0 Å². The van der Waals surface area contributed by atoms with Crippen molar-refractivity contribution in [1.29, 1.82) is 5.41 Å². The highest BCUT2D eigenvalue weighted by atomic mass is 19.4. The molecule has 7 heteroatoms. The van der Waals surface area contributed by atoms with Crippen molar-refractivity contribution < 1.29 is 18.3 Å². The number of halogens is 3. The molecular weight excluding hydrogens is 283 g/mol. The van der Waals surface area contributed by atoms with Crippen LogP contribution in [0.3, 0.4) is 0 Å². The van der Waals surface area contributed by atoms with Gasteiger partial charge in [0.05, 0.1) is 11.2 Å². The first-order valence-electron chi connectivity index (χ1n) is 6.63. The summed E-state index contributed by atoms with van der Waals surface area (Å²) >= 11 is 0. The van der Waals surface area contributed by atoms with Crippen LogP contribution in [0.25, 0.3) is 0 Å². The standard InChI is InChI=1S/C14H18F3N3O/c1-13(21)5-2-6-20(8-13)11-4-3-9(14(15,16)17)7-10(11)12(18)19/h3-4,7,21H,2,5-6,8H2,1H3,(H3,18,19). The summed E-state index contributed by atoms with van der Waals surface area (Å²) in [6.07, 6.45) is -3.11. The van der Waals surface area contributed by atoms with Gasteiger partial charge in [0.1, 0.15) is 5.84 Å². The number of β-amino-alcohol motifs (C(OH)–C–C–N with tert-alkyl or cyclic N) is 1. The molecule has 1 fully saturated rings. The molecule has 0 radical (unpaired) electrons. The second-order valence-electron chi connectivity index (χ2n) is 5.67. The number of hydrogen-bond acceptors (Lipinski definition) is 3. The van der Waals surface area contributed by atoms with Gasteiger partial charge in [-0.3, -0.25) is 5.41 Å². The van der Waals surface area contributed by atoms with Crippen LogP contribution in [0.5, 0.6) is 0 Å². The first-order valence-corrected chi connectivity index (χ1v) is 6.63. The van der Waals surface area contributed by atoms with Gasteiger partial charge in [0.25, 0.3) is 0 Å². The minimum Gasteiger partial charge on any atom is -0.388 e. The van der Waals surface area contributed by atoms with Crippen molar-refractivity contribution in [2.24, 2.45) is 5.73 Å². The van der Waals surface area contributed by atoms with Crippen molar-refractivity contribution in [1.82, 2.24) is 0 Å². The Morgan fingerprint density at radius 2 is 2.10 bits per heavy atom. The largest absolute Gasteiger partial charge is 0.416 e. The number of amidine groups is 1. The Kier molecular flexibility index (Phi) is 3.88. The molecule has 116 valence electrons. The van der Waals surface area contributed by atoms with E-state index >= 15 is 0 Å². The summed E-state index contributed by atoms with van der Waals surface area (Å²) in [4.78, 5) is 1.78. The van der Waals surface area contributed by atoms with Gasteiger partial charge in [-0.1, -0.05) is 0 Å². The predicted molar refractivity (Wildman–Crippen MR) is 74.5 cm³/mol. The molecule has 1 unspecified atom stereocenters. The Hall–Kier alpha value is -1.76. The van der Waals surface area contributed by atoms with Crippen LogP contribution >= 0.6 is 0 Å². The maximum atomic E-state index is 12.8. The number of aliphatic hydroxyl groups is 1. The van der Waals surface area contributed by atoms with Gasteiger partial charge in [-0.15, -0.1) is 0 Å². The van der Waals surface area contributed by atoms with Crippen LogP contribution in [-0.2, 0) is 6.18 Å². The number of hydrogen-bond donors (Lipinski definition) is 3. The highest BCUT2D eigenvalue weighted by Gasteiger charge is 2.33. The van der Waals surface area contributed by atoms with Crippen molar-refractivity contribution in [3.05, 3.63) is 29.3 Å². The smallest absolute Gasteiger partial charge is 0.388 e. The molecule has 1 aromatic rings. The zero-order chi connectivity index (χ0) is 15.8. The van der Waals surface area contributed by atoms with Crippen molar-refractivity contribution in [3.63, 3.8) is 0 Å². The zero-order valence-electron chi connectivity index (χ0n) is 11.7. The van der Waals surface area contributed by atoms with Crippen molar-refractivity contribution in [3.8, 4) is 0 Å². The van der Waals surface area contributed by atoms with E-state index in [1.165, 1.54) is 6.07 Å². The van der Waals surface area contributed by atoms with Gasteiger partial charge in [0, 0.05) is 24.3 Å². The zero-order valence-corrected chi connectivity index (χ0v) is 11.7. The monoisotopic (exact) mass is 301 g/mol. The second-order valence-corrected chi connectivity index (χ2v) is 5.67. The number of nitrogens with two attached hydrogens (primary N) is 1. The van der Waals surface area contributed by atoms with Crippen LogP contribution < -0.4 is 10.6 Å². The molecule has 21 heavy (non-hydrogen) atoms. The molecule has 4 N–H and O–H groups in total. The summed E-state index contributed by atoms with van der Waals surface area (Å²) in [5.41, 5.74) is 4.20. The number of nitrogens with one attached hydrogen (secondary N) is 1. The van der Waals surface area contributed by atoms with Crippen molar-refractivity contribution in [2.45, 2.75) is 31.5 Å². The summed E-state index contributed by atoms with van der Waals surface area (Å²) in [6, 6.07) is 3.19. The molecule has 1 aromatic carbocycles. The lowest BCUT2D eigenvalue weighted by Crippen LogP contribution is -2.46. The molecule has 0 aromatic heterocycles. The quantitative estimate of drug-likeness (QED) is 0.580. The van der Waals surface area contributed by atoms with Crippen molar-refractivity contribution in [2.75, 3.05) is 18.0 Å². The van der Waals surface area contributed by atoms with E-state index < -0.39 is 23.2 Å². The lowest BCUT2D eigenvalue weighted by atomic mass is 9.94. The minimum atomic E-state index is -4.48. The van der Waals surface area contributed by atoms with Gasteiger partial charge in [0.15, 0.2) is 0 Å². The number of benzene rings is 1. The van der Waals surface area contributed by atoms with E-state index in [2.05, 4.69) is 0 Å². The average Bonchev–Trinajstić information content (AvgIpc) is 2.35. The molecule has 0 saturated carbocycles. The van der Waals surface area contributed by atoms with E-state index in [0.717, 1.165) is 18.6 Å². The Labute approximate surface area is 120 Å². The van der Waals surface area contributed by atoms with E-state index in [-0.39, 0.29) is 5.56 Å². The maximum absolute atomic E-state index is 12.8. The number of piperidine rings is 1. The fourth-order valence-corrected chi connectivity index (χ4v) is 2.63. The third kappa shape index (κ3) is 3.47. The van der Waals surface area contributed by atoms with Crippen molar-refractivity contribution >= 4 is 11.5 Å². The van der Waals surface area contributed by atoms with E-state index in [4.69, 9.17) is 11.1 Å². The summed E-state index contributed by atoms with van der Waals surface area (Å²) in [7, 11) is 0. The third-order valence-electron chi connectivity index (χ3n) is 3.63. The van der Waals surface area contributed by atoms with Gasteiger partial charge in [-0.2, -0.15) is 13.2 Å². The molecule has 1 atom stereocenters. The minimum absolute atomic E-state index is 0.0440. The maximum Gasteiger partial charge on any atom is 0.416 e. The molecule has 1 saturated heterocycles. The molecule has 4 nitrogen and oxygen atoms in total. The summed E-state index contributed by atoms with van der Waals surface area (Å²) in [5.74, 6) is -0.415. The molecule has 1 heterocycles. The molecule has 2 rings (SSSR count). The number of rotatable bonds is 2. The van der Waals surface area contributed by atoms with Crippen LogP contribution in [-0.4, -0.2) is 29.6 Å². The average molecular weight is 301 g/mol. The van der Waals surface area contributed by atoms with E-state index in [0.29, 0.717) is 25.2 Å². The molecule has 1 aliphatic rings. The fraction of sp³-hybridized carbons (Fsp3) is 0.500. The number of nitrogen functional groups attached to an aromatic ring is 1. The summed E-state index contributed by atoms with van der Waals surface area (Å²) < 4.78 is 38.3. The lowest BCUT2D eigenvalue weighted by molar-refractivity contribution is -0.137. The van der Waals surface area contributed by atoms with Gasteiger partial charge >= 0.3 is 6.18 Å². The Morgan fingerprint density at radius 1 is 1.43 bits per heavy atom. The Bertz CT molecular complexity index is 555. The van der Waals surface area contributed by atoms with E-state index in [9.17, 15) is 18.3 Å². The van der Waals surface area contributed by atoms with E-state index in [1.807, 2.05) is 0 Å². The third-order valence-corrected chi connectivity index (χ3v) is 3.63. The first-order chi connectivity index (χ1) is 9.60. The number of anilines is 1. The van der Waals surface area contributed by atoms with Crippen LogP contribution in [0.2, 0.25) is 0 Å². The molecule has 0 bridgehead atoms. The molecule has 0 amide bonds. The highest BCUT2D eigenvalue weighted by molar-refractivity contribution is 6.00. The summed E-state index contributed by atoms with van der Waals surface area (Å²) in [6.45, 7) is 2.61. The lowest BCUT2D eigenvalue weighted by Gasteiger charge is -2.39. The van der Waals surface area contributed by atoms with Gasteiger partial charge < -0.3 is 15.7 Å². The predicted octanol–water partition coefficient (Wildman–Crippen LogP) is 2.34. The topological polar surface area (TPSA) is 73.3 Å².